The van der Waals surface area contributed by atoms with Gasteiger partial charge in [-0.15, -0.1) is 23.1 Å². The summed E-state index contributed by atoms with van der Waals surface area (Å²) in [6, 6.07) is 20.2. The van der Waals surface area contributed by atoms with Gasteiger partial charge in [0.1, 0.15) is 5.75 Å². The summed E-state index contributed by atoms with van der Waals surface area (Å²) in [6.07, 6.45) is 0.575. The van der Waals surface area contributed by atoms with Gasteiger partial charge in [-0.2, -0.15) is 0 Å². The van der Waals surface area contributed by atoms with Crippen LogP contribution in [0.5, 0.6) is 5.75 Å². The predicted molar refractivity (Wildman–Crippen MR) is 150 cm³/mol. The van der Waals surface area contributed by atoms with Gasteiger partial charge >= 0.3 is 0 Å². The Balaban J connectivity index is 1.41. The molecule has 194 valence electrons. The van der Waals surface area contributed by atoms with Crippen molar-refractivity contribution in [3.8, 4) is 17.0 Å². The molecule has 9 nitrogen and oxygen atoms in total. The number of carbonyl (C=O) groups is 2. The number of nitro benzene ring substituents is 1. The number of ether oxygens (including phenoxy) is 1. The topological polar surface area (TPSA) is 123 Å². The van der Waals surface area contributed by atoms with E-state index in [1.165, 1.54) is 47.4 Å². The van der Waals surface area contributed by atoms with E-state index >= 15 is 0 Å². The molecule has 0 bridgehead atoms. The number of nitro groups is 1. The highest BCUT2D eigenvalue weighted by atomic mass is 32.2. The molecule has 1 heterocycles. The van der Waals surface area contributed by atoms with Crippen LogP contribution in [0.25, 0.3) is 11.3 Å². The number of thiazole rings is 1. The lowest BCUT2D eigenvalue weighted by Crippen LogP contribution is -2.24. The highest BCUT2D eigenvalue weighted by Gasteiger charge is 2.20. The standard InChI is InChI=1S/C27H24N4O5S2/c1-3-24(26(33)30-27-29-22(16-37-27)21-12-4-5-13-23(21)36-2)38-20-11-7-9-18(15-20)28-25(32)17-8-6-10-19(14-17)31(34)35/h4-16,24H,3H2,1-2H3,(H,28,32)(H,29,30,33). The maximum atomic E-state index is 13.0. The minimum atomic E-state index is -0.547. The third kappa shape index (κ3) is 6.55. The lowest BCUT2D eigenvalue weighted by Gasteiger charge is -2.14. The Morgan fingerprint density at radius 3 is 2.63 bits per heavy atom. The zero-order valence-corrected chi connectivity index (χ0v) is 22.2. The van der Waals surface area contributed by atoms with Crippen molar-refractivity contribution >= 4 is 51.4 Å². The highest BCUT2D eigenvalue weighted by molar-refractivity contribution is 8.00. The smallest absolute Gasteiger partial charge is 0.270 e. The first-order valence-corrected chi connectivity index (χ1v) is 13.4. The zero-order chi connectivity index (χ0) is 27.1. The highest BCUT2D eigenvalue weighted by Crippen LogP contribution is 2.33. The van der Waals surface area contributed by atoms with Crippen LogP contribution in [0.3, 0.4) is 0 Å². The number of methoxy groups -OCH3 is 1. The monoisotopic (exact) mass is 548 g/mol. The minimum absolute atomic E-state index is 0.158. The van der Waals surface area contributed by atoms with E-state index in [1.54, 1.807) is 25.3 Å². The van der Waals surface area contributed by atoms with E-state index in [9.17, 15) is 19.7 Å². The van der Waals surface area contributed by atoms with Crippen LogP contribution in [0, 0.1) is 10.1 Å². The maximum absolute atomic E-state index is 13.0. The third-order valence-corrected chi connectivity index (χ3v) is 7.59. The molecular weight excluding hydrogens is 524 g/mol. The van der Waals surface area contributed by atoms with Crippen molar-refractivity contribution in [2.75, 3.05) is 17.7 Å². The molecule has 11 heteroatoms. The van der Waals surface area contributed by atoms with Gasteiger partial charge in [0, 0.05) is 39.2 Å². The van der Waals surface area contributed by atoms with Crippen LogP contribution in [0.2, 0.25) is 0 Å². The van der Waals surface area contributed by atoms with Gasteiger partial charge in [-0.25, -0.2) is 4.98 Å². The van der Waals surface area contributed by atoms with Gasteiger partial charge in [-0.3, -0.25) is 19.7 Å². The van der Waals surface area contributed by atoms with Crippen LogP contribution in [-0.2, 0) is 4.79 Å². The summed E-state index contributed by atoms with van der Waals surface area (Å²) in [5.41, 5.74) is 2.10. The van der Waals surface area contributed by atoms with E-state index in [0.717, 1.165) is 16.2 Å². The molecule has 4 rings (SSSR count). The number of hydrogen-bond acceptors (Lipinski definition) is 8. The van der Waals surface area contributed by atoms with Gasteiger partial charge in [-0.1, -0.05) is 31.2 Å². The number of hydrogen-bond donors (Lipinski definition) is 2. The number of anilines is 2. The first kappa shape index (κ1) is 26.8. The molecule has 1 unspecified atom stereocenters. The van der Waals surface area contributed by atoms with Crippen LogP contribution in [-0.4, -0.2) is 34.1 Å². The Hall–Kier alpha value is -4.22. The fraction of sp³-hybridized carbons (Fsp3) is 0.148. The van der Waals surface area contributed by atoms with Gasteiger partial charge in [0.2, 0.25) is 5.91 Å². The van der Waals surface area contributed by atoms with Crippen LogP contribution in [0.15, 0.2) is 83.1 Å². The van der Waals surface area contributed by atoms with Crippen molar-refractivity contribution in [3.05, 3.63) is 93.9 Å². The first-order chi connectivity index (χ1) is 18.4. The molecule has 1 aromatic heterocycles. The van der Waals surface area contributed by atoms with E-state index in [2.05, 4.69) is 15.6 Å². The largest absolute Gasteiger partial charge is 0.496 e. The van der Waals surface area contributed by atoms with Crippen LogP contribution < -0.4 is 15.4 Å². The number of carbonyl (C=O) groups excluding carboxylic acids is 2. The van der Waals surface area contributed by atoms with Gasteiger partial charge in [-0.05, 0) is 42.8 Å². The van der Waals surface area contributed by atoms with E-state index in [0.29, 0.717) is 23.0 Å². The summed E-state index contributed by atoms with van der Waals surface area (Å²) < 4.78 is 5.41. The number of rotatable bonds is 10. The number of thioether (sulfide) groups is 1. The molecule has 2 amide bonds. The fourth-order valence-corrected chi connectivity index (χ4v) is 5.32. The average Bonchev–Trinajstić information content (AvgIpc) is 3.40. The Morgan fingerprint density at radius 2 is 1.87 bits per heavy atom. The molecule has 1 atom stereocenters. The summed E-state index contributed by atoms with van der Waals surface area (Å²) in [5, 5.41) is 18.6. The lowest BCUT2D eigenvalue weighted by molar-refractivity contribution is -0.384. The molecule has 4 aromatic rings. The summed E-state index contributed by atoms with van der Waals surface area (Å²) in [6.45, 7) is 1.92. The molecule has 0 spiro atoms. The van der Waals surface area contributed by atoms with E-state index in [4.69, 9.17) is 4.74 Å². The second kappa shape index (κ2) is 12.3. The second-order valence-electron chi connectivity index (χ2n) is 8.03. The molecule has 0 saturated heterocycles. The number of benzene rings is 3. The molecule has 0 radical (unpaired) electrons. The Labute approximate surface area is 227 Å². The molecule has 2 N–H and O–H groups in total. The molecule has 0 aliphatic rings. The fourth-order valence-electron chi connectivity index (χ4n) is 3.59. The van der Waals surface area contributed by atoms with Crippen molar-refractivity contribution in [3.63, 3.8) is 0 Å². The van der Waals surface area contributed by atoms with Crippen molar-refractivity contribution in [2.24, 2.45) is 0 Å². The van der Waals surface area contributed by atoms with Gasteiger partial charge in [0.05, 0.1) is 23.0 Å². The SMILES string of the molecule is CCC(Sc1cccc(NC(=O)c2cccc([N+](=O)[O-])c2)c1)C(=O)Nc1nc(-c2ccccc2OC)cs1. The molecule has 3 aromatic carbocycles. The second-order valence-corrected chi connectivity index (χ2v) is 10.2. The number of non-ortho nitro benzene ring substituents is 1. The summed E-state index contributed by atoms with van der Waals surface area (Å²) in [4.78, 5) is 41.5. The van der Waals surface area contributed by atoms with Crippen LogP contribution in [0.4, 0.5) is 16.5 Å². The van der Waals surface area contributed by atoms with E-state index < -0.39 is 16.1 Å². The van der Waals surface area contributed by atoms with E-state index in [-0.39, 0.29) is 17.2 Å². The molecular formula is C27H24N4O5S2. The number of amides is 2. The number of nitrogens with one attached hydrogen (secondary N) is 2. The van der Waals surface area contributed by atoms with Gasteiger partial charge in [0.15, 0.2) is 5.13 Å². The predicted octanol–water partition coefficient (Wildman–Crippen LogP) is 6.49. The average molecular weight is 549 g/mol. The third-order valence-electron chi connectivity index (χ3n) is 5.47. The van der Waals surface area contributed by atoms with E-state index in [1.807, 2.05) is 42.6 Å². The zero-order valence-electron chi connectivity index (χ0n) is 20.5. The molecule has 0 aliphatic carbocycles. The van der Waals surface area contributed by atoms with Crippen molar-refractivity contribution in [1.29, 1.82) is 0 Å². The molecule has 0 saturated carbocycles. The lowest BCUT2D eigenvalue weighted by atomic mass is 10.1. The normalized spacial score (nSPS) is 11.4. The van der Waals surface area contributed by atoms with Crippen molar-refractivity contribution in [2.45, 2.75) is 23.5 Å². The number of para-hydroxylation sites is 1. The molecule has 38 heavy (non-hydrogen) atoms. The summed E-state index contributed by atoms with van der Waals surface area (Å²) in [7, 11) is 1.60. The van der Waals surface area contributed by atoms with Crippen molar-refractivity contribution in [1.82, 2.24) is 4.98 Å². The van der Waals surface area contributed by atoms with Crippen LogP contribution in [0.1, 0.15) is 23.7 Å². The Bertz CT molecular complexity index is 1470. The first-order valence-electron chi connectivity index (χ1n) is 11.6. The van der Waals surface area contributed by atoms with Crippen LogP contribution >= 0.6 is 23.1 Å². The minimum Gasteiger partial charge on any atom is -0.496 e. The molecule has 0 aliphatic heterocycles. The maximum Gasteiger partial charge on any atom is 0.270 e. The Kier molecular flexibility index (Phi) is 8.72. The van der Waals surface area contributed by atoms with Crippen molar-refractivity contribution < 1.29 is 19.2 Å². The Morgan fingerprint density at radius 1 is 1.08 bits per heavy atom. The number of aromatic nitrogens is 1. The quantitative estimate of drug-likeness (QED) is 0.132. The molecule has 0 fully saturated rings. The number of nitrogens with zero attached hydrogens (tertiary/aromatic N) is 2. The summed E-state index contributed by atoms with van der Waals surface area (Å²) in [5.74, 6) is 0.0647. The summed E-state index contributed by atoms with van der Waals surface area (Å²) >= 11 is 2.71. The van der Waals surface area contributed by atoms with Gasteiger partial charge in [0.25, 0.3) is 11.6 Å². The van der Waals surface area contributed by atoms with Gasteiger partial charge < -0.3 is 15.4 Å².